The van der Waals surface area contributed by atoms with Crippen LogP contribution in [0.15, 0.2) is 18.2 Å². The maximum absolute atomic E-state index is 12.9. The van der Waals surface area contributed by atoms with Gasteiger partial charge >= 0.3 is 0 Å². The molecule has 1 aromatic carbocycles. The van der Waals surface area contributed by atoms with E-state index in [9.17, 15) is 4.39 Å². The van der Waals surface area contributed by atoms with Crippen LogP contribution in [0.5, 0.6) is 0 Å². The molecule has 1 nitrogen and oxygen atoms in total. The Morgan fingerprint density at radius 1 is 1.36 bits per heavy atom. The zero-order chi connectivity index (χ0) is 10.6. The molecule has 0 aliphatic heterocycles. The van der Waals surface area contributed by atoms with Crippen LogP contribution < -0.4 is 5.32 Å². The van der Waals surface area contributed by atoms with E-state index >= 15 is 0 Å². The molecule has 0 fully saturated rings. The SMILES string of the molecule is Cc1cc(CCNC(C)C)ccc1F. The van der Waals surface area contributed by atoms with Crippen LogP contribution in [0.2, 0.25) is 0 Å². The van der Waals surface area contributed by atoms with E-state index in [-0.39, 0.29) is 5.82 Å². The molecule has 0 saturated carbocycles. The van der Waals surface area contributed by atoms with Crippen molar-refractivity contribution in [3.8, 4) is 0 Å². The summed E-state index contributed by atoms with van der Waals surface area (Å²) in [6, 6.07) is 5.82. The van der Waals surface area contributed by atoms with Crippen molar-refractivity contribution < 1.29 is 4.39 Å². The molecule has 0 saturated heterocycles. The summed E-state index contributed by atoms with van der Waals surface area (Å²) in [5.41, 5.74) is 1.92. The van der Waals surface area contributed by atoms with Gasteiger partial charge in [-0.15, -0.1) is 0 Å². The van der Waals surface area contributed by atoms with Crippen molar-refractivity contribution in [1.82, 2.24) is 5.32 Å². The Bertz CT molecular complexity index is 294. The lowest BCUT2D eigenvalue weighted by Crippen LogP contribution is -2.24. The summed E-state index contributed by atoms with van der Waals surface area (Å²) in [6.45, 7) is 6.99. The Kier molecular flexibility index (Phi) is 4.08. The predicted octanol–water partition coefficient (Wildman–Crippen LogP) is 2.67. The highest BCUT2D eigenvalue weighted by molar-refractivity contribution is 5.24. The molecule has 0 heterocycles. The zero-order valence-electron chi connectivity index (χ0n) is 9.10. The molecule has 1 aromatic rings. The van der Waals surface area contributed by atoms with Crippen LogP contribution in [0.1, 0.15) is 25.0 Å². The third-order valence-electron chi connectivity index (χ3n) is 2.19. The zero-order valence-corrected chi connectivity index (χ0v) is 9.10. The van der Waals surface area contributed by atoms with Crippen molar-refractivity contribution >= 4 is 0 Å². The fourth-order valence-electron chi connectivity index (χ4n) is 1.37. The number of benzene rings is 1. The molecule has 0 radical (unpaired) electrons. The quantitative estimate of drug-likeness (QED) is 0.779. The first kappa shape index (κ1) is 11.2. The van der Waals surface area contributed by atoms with Gasteiger partial charge in [0, 0.05) is 6.04 Å². The second-order valence-electron chi connectivity index (χ2n) is 3.94. The standard InChI is InChI=1S/C12H18FN/c1-9(2)14-7-6-11-4-5-12(13)10(3)8-11/h4-5,8-9,14H,6-7H2,1-3H3. The van der Waals surface area contributed by atoms with Crippen LogP contribution in [0.25, 0.3) is 0 Å². The van der Waals surface area contributed by atoms with Crippen molar-refractivity contribution in [2.75, 3.05) is 6.54 Å². The van der Waals surface area contributed by atoms with Crippen LogP contribution >= 0.6 is 0 Å². The van der Waals surface area contributed by atoms with E-state index in [1.807, 2.05) is 12.1 Å². The van der Waals surface area contributed by atoms with E-state index < -0.39 is 0 Å². The number of halogens is 1. The lowest BCUT2D eigenvalue weighted by Gasteiger charge is -2.08. The number of nitrogens with one attached hydrogen (secondary N) is 1. The lowest BCUT2D eigenvalue weighted by atomic mass is 10.1. The van der Waals surface area contributed by atoms with Crippen LogP contribution in [-0.4, -0.2) is 12.6 Å². The van der Waals surface area contributed by atoms with Gasteiger partial charge in [0.25, 0.3) is 0 Å². The Morgan fingerprint density at radius 3 is 2.64 bits per heavy atom. The van der Waals surface area contributed by atoms with Crippen molar-refractivity contribution in [2.45, 2.75) is 33.2 Å². The molecular formula is C12H18FN. The van der Waals surface area contributed by atoms with Crippen molar-refractivity contribution in [3.63, 3.8) is 0 Å². The molecule has 78 valence electrons. The largest absolute Gasteiger partial charge is 0.314 e. The van der Waals surface area contributed by atoms with Gasteiger partial charge in [0.15, 0.2) is 0 Å². The first-order chi connectivity index (χ1) is 6.59. The number of aryl methyl sites for hydroxylation is 1. The normalized spacial score (nSPS) is 10.9. The highest BCUT2D eigenvalue weighted by atomic mass is 19.1. The van der Waals surface area contributed by atoms with E-state index in [1.165, 1.54) is 5.56 Å². The van der Waals surface area contributed by atoms with Gasteiger partial charge in [0.1, 0.15) is 5.82 Å². The summed E-state index contributed by atoms with van der Waals surface area (Å²) in [5.74, 6) is -0.120. The minimum absolute atomic E-state index is 0.120. The second kappa shape index (κ2) is 5.11. The predicted molar refractivity (Wildman–Crippen MR) is 58.0 cm³/mol. The van der Waals surface area contributed by atoms with E-state index in [0.29, 0.717) is 6.04 Å². The maximum atomic E-state index is 12.9. The van der Waals surface area contributed by atoms with Crippen LogP contribution in [0, 0.1) is 12.7 Å². The molecule has 0 atom stereocenters. The first-order valence-electron chi connectivity index (χ1n) is 5.08. The topological polar surface area (TPSA) is 12.0 Å². The van der Waals surface area contributed by atoms with E-state index in [1.54, 1.807) is 13.0 Å². The minimum atomic E-state index is -0.120. The van der Waals surface area contributed by atoms with Crippen LogP contribution in [-0.2, 0) is 6.42 Å². The average Bonchev–Trinajstić information content (AvgIpc) is 2.10. The molecular weight excluding hydrogens is 177 g/mol. The number of hydrogen-bond acceptors (Lipinski definition) is 1. The molecule has 0 amide bonds. The molecule has 0 aromatic heterocycles. The molecule has 1 rings (SSSR count). The molecule has 0 unspecified atom stereocenters. The van der Waals surface area contributed by atoms with Crippen molar-refractivity contribution in [2.24, 2.45) is 0 Å². The Balaban J connectivity index is 2.47. The summed E-state index contributed by atoms with van der Waals surface area (Å²) in [7, 11) is 0. The van der Waals surface area contributed by atoms with Gasteiger partial charge in [-0.25, -0.2) is 4.39 Å². The van der Waals surface area contributed by atoms with Gasteiger partial charge < -0.3 is 5.32 Å². The fourth-order valence-corrected chi connectivity index (χ4v) is 1.37. The summed E-state index contributed by atoms with van der Waals surface area (Å²) < 4.78 is 12.9. The van der Waals surface area contributed by atoms with Crippen LogP contribution in [0.3, 0.4) is 0 Å². The number of hydrogen-bond donors (Lipinski definition) is 1. The third-order valence-corrected chi connectivity index (χ3v) is 2.19. The summed E-state index contributed by atoms with van der Waals surface area (Å²) in [5, 5.41) is 3.33. The summed E-state index contributed by atoms with van der Waals surface area (Å²) in [4.78, 5) is 0. The smallest absolute Gasteiger partial charge is 0.126 e. The van der Waals surface area contributed by atoms with Crippen molar-refractivity contribution in [3.05, 3.63) is 35.1 Å². The van der Waals surface area contributed by atoms with Crippen LogP contribution in [0.4, 0.5) is 4.39 Å². The monoisotopic (exact) mass is 195 g/mol. The average molecular weight is 195 g/mol. The Labute approximate surface area is 85.3 Å². The highest BCUT2D eigenvalue weighted by Crippen LogP contribution is 2.09. The van der Waals surface area contributed by atoms with E-state index in [2.05, 4.69) is 19.2 Å². The van der Waals surface area contributed by atoms with Gasteiger partial charge in [-0.1, -0.05) is 26.0 Å². The Hall–Kier alpha value is -0.890. The van der Waals surface area contributed by atoms with Gasteiger partial charge in [-0.2, -0.15) is 0 Å². The van der Waals surface area contributed by atoms with Gasteiger partial charge in [0.2, 0.25) is 0 Å². The van der Waals surface area contributed by atoms with Gasteiger partial charge in [0.05, 0.1) is 0 Å². The Morgan fingerprint density at radius 2 is 2.07 bits per heavy atom. The van der Waals surface area contributed by atoms with E-state index in [4.69, 9.17) is 0 Å². The van der Waals surface area contributed by atoms with E-state index in [0.717, 1.165) is 18.5 Å². The molecule has 2 heteroatoms. The van der Waals surface area contributed by atoms with Gasteiger partial charge in [-0.05, 0) is 37.1 Å². The van der Waals surface area contributed by atoms with Gasteiger partial charge in [-0.3, -0.25) is 0 Å². The fraction of sp³-hybridized carbons (Fsp3) is 0.500. The second-order valence-corrected chi connectivity index (χ2v) is 3.94. The summed E-state index contributed by atoms with van der Waals surface area (Å²) >= 11 is 0. The lowest BCUT2D eigenvalue weighted by molar-refractivity contribution is 0.588. The molecule has 0 aliphatic rings. The molecule has 0 spiro atoms. The maximum Gasteiger partial charge on any atom is 0.126 e. The minimum Gasteiger partial charge on any atom is -0.314 e. The summed E-state index contributed by atoms with van der Waals surface area (Å²) in [6.07, 6.45) is 0.958. The molecule has 1 N–H and O–H groups in total. The third kappa shape index (κ3) is 3.46. The highest BCUT2D eigenvalue weighted by Gasteiger charge is 1.99. The molecule has 0 aliphatic carbocycles. The first-order valence-corrected chi connectivity index (χ1v) is 5.08. The molecule has 0 bridgehead atoms. The number of rotatable bonds is 4. The van der Waals surface area contributed by atoms with Crippen molar-refractivity contribution in [1.29, 1.82) is 0 Å². The molecule has 14 heavy (non-hydrogen) atoms.